The Morgan fingerprint density at radius 3 is 2.88 bits per heavy atom. The molecule has 4 rings (SSSR count). The van der Waals surface area contributed by atoms with Crippen LogP contribution < -0.4 is 15.2 Å². The van der Waals surface area contributed by atoms with E-state index < -0.39 is 9.84 Å². The third kappa shape index (κ3) is 2.66. The van der Waals surface area contributed by atoms with Gasteiger partial charge in [0.05, 0.1) is 14.8 Å². The van der Waals surface area contributed by atoms with Gasteiger partial charge in [0.1, 0.15) is 4.21 Å². The van der Waals surface area contributed by atoms with Crippen LogP contribution >= 0.6 is 22.7 Å². The fraction of sp³-hybridized carbons (Fsp3) is 0.125. The van der Waals surface area contributed by atoms with Gasteiger partial charge < -0.3 is 0 Å². The number of amides is 1. The molecule has 0 bridgehead atoms. The van der Waals surface area contributed by atoms with Crippen LogP contribution in [-0.4, -0.2) is 25.6 Å². The van der Waals surface area contributed by atoms with Crippen LogP contribution in [0.5, 0.6) is 0 Å². The summed E-state index contributed by atoms with van der Waals surface area (Å²) >= 11 is 2.38. The summed E-state index contributed by atoms with van der Waals surface area (Å²) in [5.41, 5.74) is 2.36. The van der Waals surface area contributed by atoms with Crippen LogP contribution in [0.4, 0.5) is 5.13 Å². The van der Waals surface area contributed by atoms with Crippen molar-refractivity contribution in [2.45, 2.75) is 10.6 Å². The van der Waals surface area contributed by atoms with E-state index in [0.717, 1.165) is 33.9 Å². The van der Waals surface area contributed by atoms with Crippen molar-refractivity contribution in [3.05, 3.63) is 50.7 Å². The van der Waals surface area contributed by atoms with Crippen LogP contribution in [0.1, 0.15) is 16.1 Å². The predicted octanol–water partition coefficient (Wildman–Crippen LogP) is 1.69. The Morgan fingerprint density at radius 1 is 1.29 bits per heavy atom. The number of carbonyl (C=O) groups excluding carboxylic acids is 1. The Hall–Kier alpha value is -2.03. The van der Waals surface area contributed by atoms with Crippen LogP contribution in [0.25, 0.3) is 11.6 Å². The summed E-state index contributed by atoms with van der Waals surface area (Å²) in [5, 5.41) is 4.21. The second kappa shape index (κ2) is 5.51. The molecule has 0 atom stereocenters. The molecule has 1 N–H and O–H groups in total. The molecule has 2 aliphatic carbocycles. The zero-order valence-corrected chi connectivity index (χ0v) is 15.0. The highest BCUT2D eigenvalue weighted by Gasteiger charge is 2.19. The lowest BCUT2D eigenvalue weighted by Crippen LogP contribution is -2.19. The molecule has 0 aliphatic heterocycles. The van der Waals surface area contributed by atoms with Crippen LogP contribution in [-0.2, 0) is 9.84 Å². The maximum atomic E-state index is 12.3. The van der Waals surface area contributed by atoms with Crippen LogP contribution in [0, 0.1) is 0 Å². The molecule has 0 unspecified atom stereocenters. The normalized spacial score (nSPS) is 15.5. The van der Waals surface area contributed by atoms with Gasteiger partial charge >= 0.3 is 0 Å². The smallest absolute Gasteiger partial charge is 0.267 e. The van der Waals surface area contributed by atoms with E-state index in [1.807, 2.05) is 6.08 Å². The molecular formula is C16H12N2O3S3. The van der Waals surface area contributed by atoms with Gasteiger partial charge in [-0.15, -0.1) is 11.3 Å². The Kier molecular flexibility index (Phi) is 3.56. The SMILES string of the molecule is CS(=O)(=O)c1ccc(C(=O)Nc2nc3c(s2)=CC2=CC=CCC=32)s1. The Balaban J connectivity index is 1.61. The Bertz CT molecular complexity index is 1150. The number of thiazole rings is 1. The molecule has 1 amide bonds. The summed E-state index contributed by atoms with van der Waals surface area (Å²) in [6.45, 7) is 0. The fourth-order valence-electron chi connectivity index (χ4n) is 2.59. The van der Waals surface area contributed by atoms with E-state index in [0.29, 0.717) is 10.0 Å². The van der Waals surface area contributed by atoms with Gasteiger partial charge in [-0.05, 0) is 35.8 Å². The zero-order chi connectivity index (χ0) is 16.9. The highest BCUT2D eigenvalue weighted by molar-refractivity contribution is 7.92. The highest BCUT2D eigenvalue weighted by atomic mass is 32.2. The Labute approximate surface area is 146 Å². The molecule has 2 heterocycles. The molecule has 0 saturated heterocycles. The van der Waals surface area contributed by atoms with E-state index in [-0.39, 0.29) is 10.1 Å². The topological polar surface area (TPSA) is 76.1 Å². The molecule has 122 valence electrons. The summed E-state index contributed by atoms with van der Waals surface area (Å²) in [4.78, 5) is 17.2. The van der Waals surface area contributed by atoms with Crippen molar-refractivity contribution in [3.63, 3.8) is 0 Å². The van der Waals surface area contributed by atoms with Gasteiger partial charge in [0.2, 0.25) is 0 Å². The molecule has 0 aromatic carbocycles. The van der Waals surface area contributed by atoms with E-state index in [9.17, 15) is 13.2 Å². The number of allylic oxidation sites excluding steroid dienone is 4. The molecule has 2 aromatic rings. The van der Waals surface area contributed by atoms with E-state index in [1.54, 1.807) is 0 Å². The molecular weight excluding hydrogens is 364 g/mol. The monoisotopic (exact) mass is 376 g/mol. The lowest BCUT2D eigenvalue weighted by molar-refractivity contribution is 0.103. The molecule has 2 aromatic heterocycles. The van der Waals surface area contributed by atoms with Crippen molar-refractivity contribution < 1.29 is 13.2 Å². The molecule has 5 nitrogen and oxygen atoms in total. The lowest BCUT2D eigenvalue weighted by Gasteiger charge is -2.04. The number of carbonyl (C=O) groups is 1. The predicted molar refractivity (Wildman–Crippen MR) is 96.5 cm³/mol. The van der Waals surface area contributed by atoms with Gasteiger partial charge in [-0.1, -0.05) is 29.6 Å². The number of thiophene rings is 1. The van der Waals surface area contributed by atoms with E-state index in [4.69, 9.17) is 0 Å². The highest BCUT2D eigenvalue weighted by Crippen LogP contribution is 2.25. The average Bonchev–Trinajstić information content (AvgIpc) is 3.19. The molecule has 0 radical (unpaired) electrons. The first kappa shape index (κ1) is 15.5. The molecule has 24 heavy (non-hydrogen) atoms. The van der Waals surface area contributed by atoms with Crippen molar-refractivity contribution in [2.24, 2.45) is 0 Å². The van der Waals surface area contributed by atoms with Gasteiger partial charge in [0, 0.05) is 6.26 Å². The summed E-state index contributed by atoms with van der Waals surface area (Å²) in [7, 11) is -3.29. The summed E-state index contributed by atoms with van der Waals surface area (Å²) in [6, 6.07) is 2.97. The number of nitrogens with zero attached hydrogens (tertiary/aromatic N) is 1. The number of fused-ring (bicyclic) bond motifs is 2. The van der Waals surface area contributed by atoms with Crippen molar-refractivity contribution in [3.8, 4) is 0 Å². The van der Waals surface area contributed by atoms with Gasteiger partial charge in [0.15, 0.2) is 15.0 Å². The third-order valence-corrected chi connectivity index (χ3v) is 7.52. The van der Waals surface area contributed by atoms with Gasteiger partial charge in [0.25, 0.3) is 5.91 Å². The molecule has 0 spiro atoms. The fourth-order valence-corrected chi connectivity index (χ4v) is 5.35. The van der Waals surface area contributed by atoms with Crippen molar-refractivity contribution in [2.75, 3.05) is 11.6 Å². The molecule has 2 aliphatic rings. The van der Waals surface area contributed by atoms with Crippen LogP contribution in [0.2, 0.25) is 0 Å². The molecule has 0 saturated carbocycles. The molecule has 0 fully saturated rings. The number of rotatable bonds is 3. The maximum Gasteiger partial charge on any atom is 0.267 e. The van der Waals surface area contributed by atoms with Crippen LogP contribution in [0.3, 0.4) is 0 Å². The van der Waals surface area contributed by atoms with Crippen LogP contribution in [0.15, 0.2) is 40.1 Å². The number of sulfone groups is 1. The van der Waals surface area contributed by atoms with Crippen molar-refractivity contribution >= 4 is 55.2 Å². The lowest BCUT2D eigenvalue weighted by atomic mass is 10.0. The largest absolute Gasteiger partial charge is 0.297 e. The number of anilines is 1. The van der Waals surface area contributed by atoms with E-state index >= 15 is 0 Å². The summed E-state index contributed by atoms with van der Waals surface area (Å²) < 4.78 is 24.2. The number of hydrogen-bond donors (Lipinski definition) is 1. The van der Waals surface area contributed by atoms with Gasteiger partial charge in [-0.25, -0.2) is 13.4 Å². The zero-order valence-electron chi connectivity index (χ0n) is 12.6. The third-order valence-electron chi connectivity index (χ3n) is 3.70. The Morgan fingerprint density at radius 2 is 2.12 bits per heavy atom. The summed E-state index contributed by atoms with van der Waals surface area (Å²) in [5.74, 6) is -0.341. The standard InChI is InChI=1S/C16H12N2O3S3/c1-24(20,21)13-7-6-11(22-13)15(19)18-16-17-14-10-5-3-2-4-9(10)8-12(14)23-16/h2-4,6-8H,5H2,1H3,(H,17,18,19). The number of hydrogen-bond acceptors (Lipinski definition) is 6. The minimum Gasteiger partial charge on any atom is -0.297 e. The van der Waals surface area contributed by atoms with E-state index in [2.05, 4.69) is 28.5 Å². The second-order valence-electron chi connectivity index (χ2n) is 5.45. The first-order valence-corrected chi connectivity index (χ1v) is 10.6. The first-order valence-electron chi connectivity index (χ1n) is 7.12. The van der Waals surface area contributed by atoms with Crippen molar-refractivity contribution in [1.29, 1.82) is 0 Å². The van der Waals surface area contributed by atoms with E-state index in [1.165, 1.54) is 34.6 Å². The number of nitrogens with one attached hydrogen (secondary N) is 1. The van der Waals surface area contributed by atoms with Crippen molar-refractivity contribution in [1.82, 2.24) is 4.98 Å². The molecule has 8 heteroatoms. The average molecular weight is 376 g/mol. The quantitative estimate of drug-likeness (QED) is 0.885. The second-order valence-corrected chi connectivity index (χ2v) is 9.81. The van der Waals surface area contributed by atoms with Gasteiger partial charge in [-0.3, -0.25) is 10.1 Å². The number of aromatic nitrogens is 1. The summed E-state index contributed by atoms with van der Waals surface area (Å²) in [6.07, 6.45) is 10.2. The first-order chi connectivity index (χ1) is 11.4. The minimum absolute atomic E-state index is 0.182. The van der Waals surface area contributed by atoms with Gasteiger partial charge in [-0.2, -0.15) is 0 Å². The minimum atomic E-state index is -3.29. The maximum absolute atomic E-state index is 12.3.